The van der Waals surface area contributed by atoms with Crippen molar-refractivity contribution < 1.29 is 4.79 Å². The summed E-state index contributed by atoms with van der Waals surface area (Å²) in [5, 5.41) is 3.92. The largest absolute Gasteiger partial charge is 0.349 e. The Balaban J connectivity index is 2.23. The number of carbonyl (C=O) groups is 1. The standard InChI is InChI=1S/C10H8Cl2INO/c11-7-3-5(4-8(12)9(7)13)10(15)14-6-1-2-6/h3-4,6H,1-2H2,(H,14,15). The molecule has 1 aromatic rings. The lowest BCUT2D eigenvalue weighted by atomic mass is 10.2. The first-order valence-corrected chi connectivity index (χ1v) is 6.37. The minimum absolute atomic E-state index is 0.0994. The number of amides is 1. The summed E-state index contributed by atoms with van der Waals surface area (Å²) >= 11 is 13.9. The monoisotopic (exact) mass is 355 g/mol. The zero-order chi connectivity index (χ0) is 11.0. The van der Waals surface area contributed by atoms with Crippen LogP contribution in [0.15, 0.2) is 12.1 Å². The van der Waals surface area contributed by atoms with Gasteiger partial charge in [0.05, 0.1) is 13.6 Å². The minimum Gasteiger partial charge on any atom is -0.349 e. The summed E-state index contributed by atoms with van der Waals surface area (Å²) in [6.07, 6.45) is 2.13. The van der Waals surface area contributed by atoms with Crippen molar-refractivity contribution >= 4 is 51.7 Å². The van der Waals surface area contributed by atoms with E-state index in [1.54, 1.807) is 12.1 Å². The van der Waals surface area contributed by atoms with Gasteiger partial charge in [-0.05, 0) is 47.6 Å². The molecule has 15 heavy (non-hydrogen) atoms. The first-order valence-electron chi connectivity index (χ1n) is 4.53. The highest BCUT2D eigenvalue weighted by molar-refractivity contribution is 14.1. The number of halogens is 3. The van der Waals surface area contributed by atoms with Crippen LogP contribution in [0.3, 0.4) is 0 Å². The summed E-state index contributed by atoms with van der Waals surface area (Å²) in [4.78, 5) is 11.7. The highest BCUT2D eigenvalue weighted by Crippen LogP contribution is 2.28. The molecule has 0 aliphatic heterocycles. The summed E-state index contributed by atoms with van der Waals surface area (Å²) in [5.74, 6) is -0.0994. The average Bonchev–Trinajstić information content (AvgIpc) is 2.97. The van der Waals surface area contributed by atoms with Gasteiger partial charge < -0.3 is 5.32 Å². The highest BCUT2D eigenvalue weighted by atomic mass is 127. The Morgan fingerprint density at radius 2 is 1.87 bits per heavy atom. The van der Waals surface area contributed by atoms with E-state index in [0.717, 1.165) is 16.4 Å². The molecule has 80 valence electrons. The molecule has 1 aromatic carbocycles. The van der Waals surface area contributed by atoms with Crippen molar-refractivity contribution in [2.24, 2.45) is 0 Å². The zero-order valence-electron chi connectivity index (χ0n) is 7.69. The lowest BCUT2D eigenvalue weighted by Gasteiger charge is -2.06. The summed E-state index contributed by atoms with van der Waals surface area (Å²) < 4.78 is 0.777. The van der Waals surface area contributed by atoms with Gasteiger partial charge in [-0.15, -0.1) is 0 Å². The van der Waals surface area contributed by atoms with E-state index in [2.05, 4.69) is 27.9 Å². The molecule has 0 heterocycles. The fourth-order valence-electron chi connectivity index (χ4n) is 1.18. The first-order chi connectivity index (χ1) is 7.08. The second kappa shape index (κ2) is 4.47. The van der Waals surface area contributed by atoms with Gasteiger partial charge in [-0.25, -0.2) is 0 Å². The molecule has 1 amide bonds. The smallest absolute Gasteiger partial charge is 0.251 e. The number of rotatable bonds is 2. The third-order valence-electron chi connectivity index (χ3n) is 2.16. The molecule has 1 aliphatic rings. The summed E-state index contributed by atoms with van der Waals surface area (Å²) in [7, 11) is 0. The number of benzene rings is 1. The minimum atomic E-state index is -0.0994. The Kier molecular flexibility index (Phi) is 3.42. The number of carbonyl (C=O) groups excluding carboxylic acids is 1. The maximum absolute atomic E-state index is 11.7. The van der Waals surface area contributed by atoms with E-state index in [4.69, 9.17) is 23.2 Å². The highest BCUT2D eigenvalue weighted by Gasteiger charge is 2.24. The van der Waals surface area contributed by atoms with Crippen molar-refractivity contribution in [3.05, 3.63) is 31.3 Å². The molecule has 1 saturated carbocycles. The van der Waals surface area contributed by atoms with Crippen LogP contribution in [-0.2, 0) is 0 Å². The molecule has 5 heteroatoms. The predicted molar refractivity (Wildman–Crippen MR) is 69.7 cm³/mol. The molecular weight excluding hydrogens is 348 g/mol. The third-order valence-corrected chi connectivity index (χ3v) is 4.55. The molecule has 1 aliphatic carbocycles. The average molecular weight is 356 g/mol. The van der Waals surface area contributed by atoms with E-state index < -0.39 is 0 Å². The van der Waals surface area contributed by atoms with Crippen molar-refractivity contribution in [1.82, 2.24) is 5.32 Å². The molecule has 0 bridgehead atoms. The van der Waals surface area contributed by atoms with Crippen molar-refractivity contribution in [3.63, 3.8) is 0 Å². The maximum atomic E-state index is 11.7. The number of hydrogen-bond acceptors (Lipinski definition) is 1. The first kappa shape index (κ1) is 11.5. The van der Waals surface area contributed by atoms with Crippen molar-refractivity contribution in [2.45, 2.75) is 18.9 Å². The third kappa shape index (κ3) is 2.77. The molecular formula is C10H8Cl2INO. The predicted octanol–water partition coefficient (Wildman–Crippen LogP) is 3.49. The number of hydrogen-bond donors (Lipinski definition) is 1. The van der Waals surface area contributed by atoms with Crippen LogP contribution in [0.1, 0.15) is 23.2 Å². The molecule has 0 radical (unpaired) electrons. The zero-order valence-corrected chi connectivity index (χ0v) is 11.4. The van der Waals surface area contributed by atoms with Crippen LogP contribution in [0.5, 0.6) is 0 Å². The van der Waals surface area contributed by atoms with Crippen LogP contribution in [0.2, 0.25) is 10.0 Å². The maximum Gasteiger partial charge on any atom is 0.251 e. The summed E-state index contributed by atoms with van der Waals surface area (Å²) in [6.45, 7) is 0. The van der Waals surface area contributed by atoms with Gasteiger partial charge in [0.2, 0.25) is 0 Å². The van der Waals surface area contributed by atoms with Crippen LogP contribution >= 0.6 is 45.8 Å². The lowest BCUT2D eigenvalue weighted by Crippen LogP contribution is -2.25. The van der Waals surface area contributed by atoms with Gasteiger partial charge in [0.1, 0.15) is 0 Å². The van der Waals surface area contributed by atoms with E-state index in [1.165, 1.54) is 0 Å². The Hall–Kier alpha value is -0.000000000000000167. The Bertz CT molecular complexity index is 395. The van der Waals surface area contributed by atoms with Crippen LogP contribution in [0.25, 0.3) is 0 Å². The molecule has 2 rings (SSSR count). The van der Waals surface area contributed by atoms with Crippen molar-refractivity contribution in [1.29, 1.82) is 0 Å². The van der Waals surface area contributed by atoms with Crippen molar-refractivity contribution in [3.8, 4) is 0 Å². The second-order valence-corrected chi connectivity index (χ2v) is 5.39. The molecule has 0 saturated heterocycles. The van der Waals surface area contributed by atoms with E-state index in [9.17, 15) is 4.79 Å². The van der Waals surface area contributed by atoms with Crippen LogP contribution < -0.4 is 5.32 Å². The van der Waals surface area contributed by atoms with Crippen LogP contribution in [0, 0.1) is 3.57 Å². The van der Waals surface area contributed by atoms with Gasteiger partial charge in [0.15, 0.2) is 0 Å². The van der Waals surface area contributed by atoms with Gasteiger partial charge in [-0.1, -0.05) is 23.2 Å². The van der Waals surface area contributed by atoms with Gasteiger partial charge in [0, 0.05) is 11.6 Å². The van der Waals surface area contributed by atoms with E-state index in [-0.39, 0.29) is 5.91 Å². The van der Waals surface area contributed by atoms with Gasteiger partial charge in [0.25, 0.3) is 5.91 Å². The fraction of sp³-hybridized carbons (Fsp3) is 0.300. The molecule has 1 N–H and O–H groups in total. The summed E-state index contributed by atoms with van der Waals surface area (Å²) in [5.41, 5.74) is 0.525. The van der Waals surface area contributed by atoms with Gasteiger partial charge in [-0.2, -0.15) is 0 Å². The normalized spacial score (nSPS) is 15.1. The van der Waals surface area contributed by atoms with Gasteiger partial charge >= 0.3 is 0 Å². The van der Waals surface area contributed by atoms with E-state index >= 15 is 0 Å². The molecule has 0 unspecified atom stereocenters. The lowest BCUT2D eigenvalue weighted by molar-refractivity contribution is 0.0951. The van der Waals surface area contributed by atoms with Crippen LogP contribution in [-0.4, -0.2) is 11.9 Å². The van der Waals surface area contributed by atoms with E-state index in [0.29, 0.717) is 21.7 Å². The van der Waals surface area contributed by atoms with Crippen molar-refractivity contribution in [2.75, 3.05) is 0 Å². The Morgan fingerprint density at radius 3 is 2.33 bits per heavy atom. The molecule has 1 fully saturated rings. The fourth-order valence-corrected chi connectivity index (χ4v) is 1.98. The molecule has 0 aromatic heterocycles. The van der Waals surface area contributed by atoms with Gasteiger partial charge in [-0.3, -0.25) is 4.79 Å². The molecule has 0 spiro atoms. The molecule has 0 atom stereocenters. The number of nitrogens with one attached hydrogen (secondary N) is 1. The Morgan fingerprint density at radius 1 is 1.33 bits per heavy atom. The topological polar surface area (TPSA) is 29.1 Å². The molecule has 2 nitrogen and oxygen atoms in total. The SMILES string of the molecule is O=C(NC1CC1)c1cc(Cl)c(I)c(Cl)c1. The Labute approximate surface area is 111 Å². The van der Waals surface area contributed by atoms with Crippen LogP contribution in [0.4, 0.5) is 0 Å². The second-order valence-electron chi connectivity index (χ2n) is 3.50. The van der Waals surface area contributed by atoms with E-state index in [1.807, 2.05) is 0 Å². The quantitative estimate of drug-likeness (QED) is 0.638. The summed E-state index contributed by atoms with van der Waals surface area (Å²) in [6, 6.07) is 3.63.